The van der Waals surface area contributed by atoms with Gasteiger partial charge in [0.05, 0.1) is 11.3 Å². The zero-order valence-electron chi connectivity index (χ0n) is 13.0. The van der Waals surface area contributed by atoms with Crippen LogP contribution >= 0.6 is 11.3 Å². The van der Waals surface area contributed by atoms with E-state index in [9.17, 15) is 0 Å². The van der Waals surface area contributed by atoms with Crippen molar-refractivity contribution in [2.24, 2.45) is 7.05 Å². The Kier molecular flexibility index (Phi) is 4.60. The van der Waals surface area contributed by atoms with E-state index in [0.29, 0.717) is 0 Å². The maximum atomic E-state index is 4.61. The molecule has 2 aromatic heterocycles. The molecule has 0 aliphatic carbocycles. The molecule has 2 aromatic rings. The van der Waals surface area contributed by atoms with Crippen LogP contribution < -0.4 is 5.32 Å². The summed E-state index contributed by atoms with van der Waals surface area (Å²) in [6.07, 6.45) is 5.20. The minimum Gasteiger partial charge on any atom is -0.312 e. The highest BCUT2D eigenvalue weighted by molar-refractivity contribution is 7.15. The summed E-state index contributed by atoms with van der Waals surface area (Å²) in [6, 6.07) is 0. The summed E-state index contributed by atoms with van der Waals surface area (Å²) >= 11 is 1.75. The number of aryl methyl sites for hydroxylation is 1. The molecule has 5 heteroatoms. The second kappa shape index (κ2) is 6.06. The molecule has 0 aliphatic rings. The number of rotatable bonds is 5. The fourth-order valence-corrected chi connectivity index (χ4v) is 2.99. The minimum atomic E-state index is 0.0306. The van der Waals surface area contributed by atoms with E-state index in [0.717, 1.165) is 35.8 Å². The van der Waals surface area contributed by atoms with E-state index in [1.807, 2.05) is 17.9 Å². The highest BCUT2D eigenvalue weighted by Gasteiger charge is 2.24. The lowest BCUT2D eigenvalue weighted by Crippen LogP contribution is -2.13. The summed E-state index contributed by atoms with van der Waals surface area (Å²) in [5, 5.41) is 9.09. The summed E-state index contributed by atoms with van der Waals surface area (Å²) in [6.45, 7) is 10.7. The molecular weight excluding hydrogens is 268 g/mol. The van der Waals surface area contributed by atoms with E-state index in [4.69, 9.17) is 0 Å². The molecule has 0 radical (unpaired) electrons. The van der Waals surface area contributed by atoms with Crippen molar-refractivity contribution in [1.82, 2.24) is 20.1 Å². The Morgan fingerprint density at radius 2 is 2.10 bits per heavy atom. The maximum Gasteiger partial charge on any atom is 0.127 e. The van der Waals surface area contributed by atoms with Crippen LogP contribution in [0.25, 0.3) is 10.6 Å². The highest BCUT2D eigenvalue weighted by atomic mass is 32.1. The van der Waals surface area contributed by atoms with Crippen molar-refractivity contribution in [1.29, 1.82) is 0 Å². The van der Waals surface area contributed by atoms with Crippen molar-refractivity contribution >= 4 is 11.3 Å². The van der Waals surface area contributed by atoms with Crippen LogP contribution in [0.2, 0.25) is 0 Å². The maximum absolute atomic E-state index is 4.61. The number of nitrogens with one attached hydrogen (secondary N) is 1. The van der Waals surface area contributed by atoms with Gasteiger partial charge in [-0.1, -0.05) is 27.7 Å². The van der Waals surface area contributed by atoms with Crippen LogP contribution in [0.4, 0.5) is 0 Å². The highest BCUT2D eigenvalue weighted by Crippen LogP contribution is 2.33. The number of thiazole rings is 1. The molecule has 0 aromatic carbocycles. The number of hydrogen-bond donors (Lipinski definition) is 1. The van der Waals surface area contributed by atoms with Crippen molar-refractivity contribution in [2.75, 3.05) is 6.54 Å². The second-order valence-electron chi connectivity index (χ2n) is 6.12. The first-order chi connectivity index (χ1) is 9.41. The average Bonchev–Trinajstić information content (AvgIpc) is 2.95. The van der Waals surface area contributed by atoms with E-state index in [2.05, 4.69) is 49.3 Å². The third-order valence-corrected chi connectivity index (χ3v) is 4.08. The van der Waals surface area contributed by atoms with Crippen LogP contribution in [0, 0.1) is 0 Å². The molecule has 2 heterocycles. The minimum absolute atomic E-state index is 0.0306. The molecular formula is C15H24N4S. The molecule has 0 fully saturated rings. The van der Waals surface area contributed by atoms with Gasteiger partial charge < -0.3 is 5.32 Å². The largest absolute Gasteiger partial charge is 0.312 e. The summed E-state index contributed by atoms with van der Waals surface area (Å²) in [4.78, 5) is 5.85. The van der Waals surface area contributed by atoms with Crippen molar-refractivity contribution in [3.8, 4) is 10.6 Å². The molecule has 0 aliphatic heterocycles. The lowest BCUT2D eigenvalue weighted by molar-refractivity contribution is 0.554. The molecule has 0 amide bonds. The van der Waals surface area contributed by atoms with Crippen molar-refractivity contribution in [3.05, 3.63) is 23.0 Å². The van der Waals surface area contributed by atoms with Crippen molar-refractivity contribution in [2.45, 2.75) is 46.1 Å². The molecule has 0 spiro atoms. The SMILES string of the molecule is CCCNCc1cnc(-c2cn(C)nc2C(C)(C)C)s1. The molecule has 20 heavy (non-hydrogen) atoms. The van der Waals surface area contributed by atoms with E-state index < -0.39 is 0 Å². The zero-order valence-corrected chi connectivity index (χ0v) is 13.8. The van der Waals surface area contributed by atoms with Crippen molar-refractivity contribution < 1.29 is 0 Å². The van der Waals surface area contributed by atoms with Gasteiger partial charge in [0.15, 0.2) is 0 Å². The Balaban J connectivity index is 2.24. The molecule has 0 saturated heterocycles. The number of aromatic nitrogens is 3. The molecule has 4 nitrogen and oxygen atoms in total. The Labute approximate surface area is 125 Å². The van der Waals surface area contributed by atoms with Crippen molar-refractivity contribution in [3.63, 3.8) is 0 Å². The molecule has 0 atom stereocenters. The van der Waals surface area contributed by atoms with Gasteiger partial charge in [-0.05, 0) is 13.0 Å². The lowest BCUT2D eigenvalue weighted by Gasteiger charge is -2.16. The van der Waals surface area contributed by atoms with E-state index >= 15 is 0 Å². The predicted molar refractivity (Wildman–Crippen MR) is 85.0 cm³/mol. The Morgan fingerprint density at radius 1 is 1.35 bits per heavy atom. The molecule has 2 rings (SSSR count). The fraction of sp³-hybridized carbons (Fsp3) is 0.600. The fourth-order valence-electron chi connectivity index (χ4n) is 2.10. The second-order valence-corrected chi connectivity index (χ2v) is 7.24. The van der Waals surface area contributed by atoms with Crippen LogP contribution in [0.5, 0.6) is 0 Å². The third kappa shape index (κ3) is 3.46. The zero-order chi connectivity index (χ0) is 14.8. The van der Waals surface area contributed by atoms with Crippen LogP contribution in [-0.2, 0) is 19.0 Å². The van der Waals surface area contributed by atoms with E-state index in [-0.39, 0.29) is 5.41 Å². The number of hydrogen-bond acceptors (Lipinski definition) is 4. The van der Waals surface area contributed by atoms with Crippen LogP contribution in [0.3, 0.4) is 0 Å². The van der Waals surface area contributed by atoms with Gasteiger partial charge in [0.1, 0.15) is 5.01 Å². The van der Waals surface area contributed by atoms with Gasteiger partial charge in [0, 0.05) is 36.3 Å². The first kappa shape index (κ1) is 15.2. The molecule has 110 valence electrons. The molecule has 1 N–H and O–H groups in total. The molecule has 0 bridgehead atoms. The van der Waals surface area contributed by atoms with Gasteiger partial charge >= 0.3 is 0 Å². The Hall–Kier alpha value is -1.20. The van der Waals surface area contributed by atoms with Gasteiger partial charge in [0.25, 0.3) is 0 Å². The predicted octanol–water partition coefficient (Wildman–Crippen LogP) is 3.34. The summed E-state index contributed by atoms with van der Waals surface area (Å²) in [7, 11) is 1.97. The van der Waals surface area contributed by atoms with Gasteiger partial charge in [-0.3, -0.25) is 4.68 Å². The summed E-state index contributed by atoms with van der Waals surface area (Å²) in [5.74, 6) is 0. The third-order valence-electron chi connectivity index (χ3n) is 3.05. The lowest BCUT2D eigenvalue weighted by atomic mass is 9.90. The first-order valence-electron chi connectivity index (χ1n) is 7.11. The molecule has 0 saturated carbocycles. The van der Waals surface area contributed by atoms with Crippen LogP contribution in [0.1, 0.15) is 44.7 Å². The number of nitrogens with zero attached hydrogens (tertiary/aromatic N) is 3. The van der Waals surface area contributed by atoms with E-state index in [1.54, 1.807) is 11.3 Å². The van der Waals surface area contributed by atoms with E-state index in [1.165, 1.54) is 4.88 Å². The Bertz CT molecular complexity index is 563. The monoisotopic (exact) mass is 292 g/mol. The quantitative estimate of drug-likeness (QED) is 0.860. The average molecular weight is 292 g/mol. The normalized spacial score (nSPS) is 12.1. The van der Waals surface area contributed by atoms with Crippen LogP contribution in [0.15, 0.2) is 12.4 Å². The van der Waals surface area contributed by atoms with Crippen LogP contribution in [-0.4, -0.2) is 21.3 Å². The van der Waals surface area contributed by atoms with Gasteiger partial charge in [-0.15, -0.1) is 11.3 Å². The summed E-state index contributed by atoms with van der Waals surface area (Å²) < 4.78 is 1.88. The standard InChI is InChI=1S/C15H24N4S/c1-6-7-16-8-11-9-17-14(20-11)12-10-19(5)18-13(12)15(2,3)4/h9-10,16H,6-8H2,1-5H3. The van der Waals surface area contributed by atoms with Gasteiger partial charge in [-0.25, -0.2) is 4.98 Å². The van der Waals surface area contributed by atoms with Gasteiger partial charge in [-0.2, -0.15) is 5.10 Å². The van der Waals surface area contributed by atoms with Gasteiger partial charge in [0.2, 0.25) is 0 Å². The first-order valence-corrected chi connectivity index (χ1v) is 7.93. The molecule has 0 unspecified atom stereocenters. The Morgan fingerprint density at radius 3 is 2.75 bits per heavy atom. The smallest absolute Gasteiger partial charge is 0.127 e. The topological polar surface area (TPSA) is 42.7 Å². The summed E-state index contributed by atoms with van der Waals surface area (Å²) in [5.41, 5.74) is 2.30.